The molecule has 3 aromatic carbocycles. The van der Waals surface area contributed by atoms with Crippen LogP contribution in [0.15, 0.2) is 72.8 Å². The second kappa shape index (κ2) is 11.2. The third kappa shape index (κ3) is 6.29. The molecule has 0 aliphatic rings. The van der Waals surface area contributed by atoms with E-state index < -0.39 is 0 Å². The van der Waals surface area contributed by atoms with E-state index in [0.717, 1.165) is 27.3 Å². The molecule has 0 fully saturated rings. The number of thiazole rings is 1. The van der Waals surface area contributed by atoms with Crippen LogP contribution in [0.3, 0.4) is 0 Å². The Morgan fingerprint density at radius 2 is 1.89 bits per heavy atom. The summed E-state index contributed by atoms with van der Waals surface area (Å²) in [5, 5.41) is 4.01. The van der Waals surface area contributed by atoms with E-state index in [1.165, 1.54) is 23.0 Å². The van der Waals surface area contributed by atoms with Gasteiger partial charge in [-0.3, -0.25) is 10.1 Å². The lowest BCUT2D eigenvalue weighted by Gasteiger charge is -2.12. The van der Waals surface area contributed by atoms with Crippen molar-refractivity contribution in [2.24, 2.45) is 0 Å². The smallest absolute Gasteiger partial charge is 0.250 e. The zero-order chi connectivity index (χ0) is 24.8. The monoisotopic (exact) mass is 504 g/mol. The molecule has 178 valence electrons. The van der Waals surface area contributed by atoms with Gasteiger partial charge in [-0.25, -0.2) is 4.98 Å². The fraction of sp³-hybridized carbons (Fsp3) is 0.143. The minimum absolute atomic E-state index is 0.268. The first kappa shape index (κ1) is 24.5. The van der Waals surface area contributed by atoms with Crippen molar-refractivity contribution in [1.29, 1.82) is 0 Å². The molecule has 4 aromatic rings. The van der Waals surface area contributed by atoms with E-state index in [-0.39, 0.29) is 5.91 Å². The lowest BCUT2D eigenvalue weighted by Crippen LogP contribution is -2.07. The first-order valence-corrected chi connectivity index (χ1v) is 12.2. The summed E-state index contributed by atoms with van der Waals surface area (Å²) in [5.74, 6) is 0.974. The van der Waals surface area contributed by atoms with Crippen molar-refractivity contribution in [3.63, 3.8) is 0 Å². The lowest BCUT2D eigenvalue weighted by molar-refractivity contribution is -0.111. The number of carbonyl (C=O) groups is 1. The molecule has 0 aliphatic carbocycles. The summed E-state index contributed by atoms with van der Waals surface area (Å²) in [6, 6.07) is 21.2. The van der Waals surface area contributed by atoms with Gasteiger partial charge in [-0.2, -0.15) is 0 Å². The van der Waals surface area contributed by atoms with Crippen LogP contribution < -0.4 is 14.8 Å². The summed E-state index contributed by atoms with van der Waals surface area (Å²) in [4.78, 5) is 18.1. The molecule has 0 radical (unpaired) electrons. The van der Waals surface area contributed by atoms with E-state index in [4.69, 9.17) is 21.1 Å². The molecule has 1 N–H and O–H groups in total. The molecule has 0 bridgehead atoms. The molecule has 0 saturated carbocycles. The van der Waals surface area contributed by atoms with Gasteiger partial charge in [0.15, 0.2) is 16.6 Å². The highest BCUT2D eigenvalue weighted by Gasteiger charge is 2.12. The Morgan fingerprint density at radius 1 is 1.06 bits per heavy atom. The highest BCUT2D eigenvalue weighted by Crippen LogP contribution is 2.32. The highest BCUT2D eigenvalue weighted by atomic mass is 35.5. The number of carbonyl (C=O) groups excluding carboxylic acids is 1. The van der Waals surface area contributed by atoms with Crippen molar-refractivity contribution >= 4 is 40.1 Å². The second-order valence-electron chi connectivity index (χ2n) is 7.88. The Hall–Kier alpha value is -3.61. The number of nitrogens with one attached hydrogen (secondary N) is 1. The number of ether oxygens (including phenoxy) is 2. The van der Waals surface area contributed by atoms with Crippen molar-refractivity contribution in [1.82, 2.24) is 4.98 Å². The lowest BCUT2D eigenvalue weighted by atomic mass is 10.1. The van der Waals surface area contributed by atoms with Gasteiger partial charge < -0.3 is 9.47 Å². The summed E-state index contributed by atoms with van der Waals surface area (Å²) in [5.41, 5.74) is 4.83. The van der Waals surface area contributed by atoms with Crippen molar-refractivity contribution in [2.45, 2.75) is 20.5 Å². The number of methoxy groups -OCH3 is 1. The number of aryl methyl sites for hydroxylation is 2. The Bertz CT molecular complexity index is 1380. The van der Waals surface area contributed by atoms with Gasteiger partial charge in [0.1, 0.15) is 6.61 Å². The van der Waals surface area contributed by atoms with Crippen LogP contribution in [0.25, 0.3) is 17.3 Å². The highest BCUT2D eigenvalue weighted by molar-refractivity contribution is 7.16. The van der Waals surface area contributed by atoms with Crippen molar-refractivity contribution in [3.05, 3.63) is 99.4 Å². The van der Waals surface area contributed by atoms with Gasteiger partial charge in [0.25, 0.3) is 0 Å². The molecule has 0 atom stereocenters. The minimum atomic E-state index is -0.268. The fourth-order valence-electron chi connectivity index (χ4n) is 3.51. The van der Waals surface area contributed by atoms with E-state index in [9.17, 15) is 4.79 Å². The topological polar surface area (TPSA) is 60.5 Å². The number of benzene rings is 3. The molecule has 7 heteroatoms. The van der Waals surface area contributed by atoms with Crippen LogP contribution in [0.5, 0.6) is 11.5 Å². The second-order valence-corrected chi connectivity index (χ2v) is 9.52. The average molecular weight is 505 g/mol. The van der Waals surface area contributed by atoms with Crippen LogP contribution >= 0.6 is 22.9 Å². The molecule has 0 aliphatic heterocycles. The summed E-state index contributed by atoms with van der Waals surface area (Å²) in [6.07, 6.45) is 3.19. The van der Waals surface area contributed by atoms with E-state index >= 15 is 0 Å². The minimum Gasteiger partial charge on any atom is -0.493 e. The van der Waals surface area contributed by atoms with Gasteiger partial charge in [-0.15, -0.1) is 11.3 Å². The van der Waals surface area contributed by atoms with Crippen LogP contribution in [0.2, 0.25) is 5.02 Å². The average Bonchev–Trinajstić information content (AvgIpc) is 3.22. The largest absolute Gasteiger partial charge is 0.493 e. The third-order valence-corrected chi connectivity index (χ3v) is 6.51. The number of hydrogen-bond donors (Lipinski definition) is 1. The van der Waals surface area contributed by atoms with Crippen LogP contribution in [0.4, 0.5) is 5.13 Å². The molecule has 1 heterocycles. The van der Waals surface area contributed by atoms with Crippen molar-refractivity contribution in [2.75, 3.05) is 12.4 Å². The molecule has 0 unspecified atom stereocenters. The van der Waals surface area contributed by atoms with Crippen LogP contribution in [-0.2, 0) is 11.4 Å². The first-order chi connectivity index (χ1) is 16.9. The van der Waals surface area contributed by atoms with E-state index in [1.807, 2.05) is 67.6 Å². The van der Waals surface area contributed by atoms with Gasteiger partial charge >= 0.3 is 0 Å². The molecule has 4 rings (SSSR count). The third-order valence-electron chi connectivity index (χ3n) is 5.38. The number of amides is 1. The first-order valence-electron chi connectivity index (χ1n) is 11.0. The van der Waals surface area contributed by atoms with Gasteiger partial charge in [0.05, 0.1) is 12.8 Å². The number of hydrogen-bond acceptors (Lipinski definition) is 5. The van der Waals surface area contributed by atoms with Gasteiger partial charge in [0.2, 0.25) is 5.91 Å². The maximum atomic E-state index is 12.5. The Kier molecular flexibility index (Phi) is 7.85. The zero-order valence-electron chi connectivity index (χ0n) is 19.7. The molecule has 5 nitrogen and oxygen atoms in total. The van der Waals surface area contributed by atoms with Crippen molar-refractivity contribution in [3.8, 4) is 22.8 Å². The maximum Gasteiger partial charge on any atom is 0.250 e. The predicted octanol–water partition coefficient (Wildman–Crippen LogP) is 7.32. The number of rotatable bonds is 8. The van der Waals surface area contributed by atoms with Gasteiger partial charge in [0, 0.05) is 21.5 Å². The van der Waals surface area contributed by atoms with E-state index in [0.29, 0.717) is 28.3 Å². The summed E-state index contributed by atoms with van der Waals surface area (Å²) in [6.45, 7) is 4.47. The summed E-state index contributed by atoms with van der Waals surface area (Å²) >= 11 is 7.52. The molecule has 0 saturated heterocycles. The predicted molar refractivity (Wildman–Crippen MR) is 143 cm³/mol. The molecular formula is C28H25ClN2O3S. The number of aromatic nitrogens is 1. The Balaban J connectivity index is 1.41. The molecule has 0 spiro atoms. The molecule has 1 amide bonds. The number of anilines is 1. The van der Waals surface area contributed by atoms with Crippen LogP contribution in [0, 0.1) is 13.8 Å². The van der Waals surface area contributed by atoms with E-state index in [2.05, 4.69) is 23.3 Å². The quantitative estimate of drug-likeness (QED) is 0.255. The van der Waals surface area contributed by atoms with E-state index in [1.54, 1.807) is 13.2 Å². The zero-order valence-corrected chi connectivity index (χ0v) is 21.2. The van der Waals surface area contributed by atoms with Crippen LogP contribution in [-0.4, -0.2) is 18.0 Å². The maximum absolute atomic E-state index is 12.5. The Morgan fingerprint density at radius 3 is 2.66 bits per heavy atom. The van der Waals surface area contributed by atoms with Crippen LogP contribution in [0.1, 0.15) is 21.6 Å². The van der Waals surface area contributed by atoms with Crippen molar-refractivity contribution < 1.29 is 14.3 Å². The number of halogens is 1. The molecule has 35 heavy (non-hydrogen) atoms. The molecular weight excluding hydrogens is 480 g/mol. The van der Waals surface area contributed by atoms with Gasteiger partial charge in [-0.05, 0) is 60.9 Å². The normalized spacial score (nSPS) is 11.0. The fourth-order valence-corrected chi connectivity index (χ4v) is 4.54. The number of nitrogens with zero attached hydrogens (tertiary/aromatic N) is 1. The summed E-state index contributed by atoms with van der Waals surface area (Å²) in [7, 11) is 1.60. The SMILES string of the molecule is COc1cc(C=CC(=O)Nc2nc(-c3cccc(Cl)c3)c(C)s2)ccc1OCc1ccccc1C. The molecule has 1 aromatic heterocycles. The van der Waals surface area contributed by atoms with Gasteiger partial charge in [-0.1, -0.05) is 54.1 Å². The standard InChI is InChI=1S/C28H25ClN2O3S/c1-18-7-4-5-8-22(18)17-34-24-13-11-20(15-25(24)33-3)12-14-26(32)30-28-31-27(19(2)35-28)21-9-6-10-23(29)16-21/h4-16H,17H2,1-3H3,(H,30,31,32). The summed E-state index contributed by atoms with van der Waals surface area (Å²) < 4.78 is 11.5. The Labute approximate surface area is 214 Å².